The summed E-state index contributed by atoms with van der Waals surface area (Å²) < 4.78 is 9.70. The van der Waals surface area contributed by atoms with E-state index in [0.29, 0.717) is 5.56 Å². The van der Waals surface area contributed by atoms with Gasteiger partial charge in [0.2, 0.25) is 0 Å². The first-order valence-corrected chi connectivity index (χ1v) is 5.80. The van der Waals surface area contributed by atoms with Crippen LogP contribution in [0.5, 0.6) is 0 Å². The van der Waals surface area contributed by atoms with Gasteiger partial charge in [-0.1, -0.05) is 24.3 Å². The second kappa shape index (κ2) is 5.06. The van der Waals surface area contributed by atoms with Crippen LogP contribution in [0, 0.1) is 6.92 Å². The molecule has 0 aromatic heterocycles. The van der Waals surface area contributed by atoms with Gasteiger partial charge >= 0.3 is 11.9 Å². The molecule has 0 radical (unpaired) electrons. The van der Waals surface area contributed by atoms with Crippen molar-refractivity contribution in [2.45, 2.75) is 13.8 Å². The van der Waals surface area contributed by atoms with Gasteiger partial charge in [-0.3, -0.25) is 4.79 Å². The fourth-order valence-corrected chi connectivity index (χ4v) is 1.80. The van der Waals surface area contributed by atoms with Crippen molar-refractivity contribution < 1.29 is 23.9 Å². The van der Waals surface area contributed by atoms with Crippen molar-refractivity contribution in [3.8, 4) is 0 Å². The predicted octanol–water partition coefficient (Wildman–Crippen LogP) is 1.40. The molecular formula is C14H12O5. The molecule has 0 unspecified atom stereocenters. The van der Waals surface area contributed by atoms with E-state index in [2.05, 4.69) is 0 Å². The lowest BCUT2D eigenvalue weighted by Crippen LogP contribution is -2.17. The smallest absolute Gasteiger partial charge is 0.385 e. The molecule has 0 amide bonds. The van der Waals surface area contributed by atoms with Crippen LogP contribution in [0.2, 0.25) is 0 Å². The average Bonchev–Trinajstić information content (AvgIpc) is 2.66. The first-order chi connectivity index (χ1) is 9.06. The lowest BCUT2D eigenvalue weighted by atomic mass is 10.0. The summed E-state index contributed by atoms with van der Waals surface area (Å²) in [6, 6.07) is 7.01. The van der Waals surface area contributed by atoms with Crippen molar-refractivity contribution >= 4 is 23.5 Å². The molecule has 1 aliphatic rings. The molecule has 1 aromatic carbocycles. The first-order valence-electron chi connectivity index (χ1n) is 5.80. The van der Waals surface area contributed by atoms with Crippen LogP contribution in [0.15, 0.2) is 29.8 Å². The van der Waals surface area contributed by atoms with Crippen molar-refractivity contribution in [1.29, 1.82) is 0 Å². The van der Waals surface area contributed by atoms with Crippen LogP contribution in [0.4, 0.5) is 0 Å². The Morgan fingerprint density at radius 3 is 2.58 bits per heavy atom. The van der Waals surface area contributed by atoms with Crippen molar-refractivity contribution in [2.75, 3.05) is 6.61 Å². The minimum absolute atomic E-state index is 0.0217. The van der Waals surface area contributed by atoms with Gasteiger partial charge in [-0.25, -0.2) is 9.59 Å². The van der Waals surface area contributed by atoms with Gasteiger partial charge < -0.3 is 9.47 Å². The Morgan fingerprint density at radius 1 is 1.26 bits per heavy atom. The summed E-state index contributed by atoms with van der Waals surface area (Å²) in [6.45, 7) is 3.53. The molecule has 2 rings (SSSR count). The van der Waals surface area contributed by atoms with Crippen LogP contribution >= 0.6 is 0 Å². The summed E-state index contributed by atoms with van der Waals surface area (Å²) in [5.41, 5.74) is 0.993. The minimum Gasteiger partial charge on any atom is -0.462 e. The molecule has 0 aliphatic carbocycles. The fraction of sp³-hybridized carbons (Fsp3) is 0.214. The molecule has 0 spiro atoms. The molecule has 0 saturated heterocycles. The van der Waals surface area contributed by atoms with E-state index in [9.17, 15) is 14.4 Å². The van der Waals surface area contributed by atoms with Gasteiger partial charge in [0.25, 0.3) is 5.78 Å². The number of ether oxygens (including phenoxy) is 2. The summed E-state index contributed by atoms with van der Waals surface area (Å²) in [6.07, 6.45) is 0. The van der Waals surface area contributed by atoms with E-state index in [1.165, 1.54) is 0 Å². The Labute approximate surface area is 109 Å². The Kier molecular flexibility index (Phi) is 3.46. The number of hydrogen-bond acceptors (Lipinski definition) is 5. The zero-order valence-electron chi connectivity index (χ0n) is 10.6. The summed E-state index contributed by atoms with van der Waals surface area (Å²) in [5, 5.41) is 0. The van der Waals surface area contributed by atoms with Crippen LogP contribution in [0.25, 0.3) is 5.76 Å². The maximum atomic E-state index is 11.8. The Bertz CT molecular complexity index is 598. The lowest BCUT2D eigenvalue weighted by molar-refractivity contribution is -0.147. The third-order valence-electron chi connectivity index (χ3n) is 2.70. The molecule has 0 N–H and O–H groups in total. The van der Waals surface area contributed by atoms with Crippen LogP contribution in [0.3, 0.4) is 0 Å². The molecule has 1 aromatic rings. The zero-order valence-corrected chi connectivity index (χ0v) is 10.6. The van der Waals surface area contributed by atoms with Crippen LogP contribution in [-0.2, 0) is 23.9 Å². The van der Waals surface area contributed by atoms with Gasteiger partial charge in [0.1, 0.15) is 0 Å². The van der Waals surface area contributed by atoms with Crippen LogP contribution in [0.1, 0.15) is 18.1 Å². The number of cyclic esters (lactones) is 1. The van der Waals surface area contributed by atoms with Crippen molar-refractivity contribution in [3.05, 3.63) is 41.0 Å². The maximum absolute atomic E-state index is 11.8. The summed E-state index contributed by atoms with van der Waals surface area (Å²) >= 11 is 0. The third-order valence-corrected chi connectivity index (χ3v) is 2.70. The topological polar surface area (TPSA) is 69.7 Å². The zero-order chi connectivity index (χ0) is 14.0. The van der Waals surface area contributed by atoms with Gasteiger partial charge in [-0.05, 0) is 19.4 Å². The molecular weight excluding hydrogens is 248 g/mol. The van der Waals surface area contributed by atoms with Crippen LogP contribution < -0.4 is 0 Å². The molecule has 1 heterocycles. The largest absolute Gasteiger partial charge is 0.462 e. The highest BCUT2D eigenvalue weighted by atomic mass is 16.6. The number of esters is 2. The maximum Gasteiger partial charge on any atom is 0.385 e. The normalized spacial score (nSPS) is 14.6. The Hall–Kier alpha value is -2.43. The van der Waals surface area contributed by atoms with E-state index in [-0.39, 0.29) is 17.9 Å². The summed E-state index contributed by atoms with van der Waals surface area (Å²) in [4.78, 5) is 34.8. The molecule has 0 saturated carbocycles. The minimum atomic E-state index is -1.05. The van der Waals surface area contributed by atoms with E-state index in [0.717, 1.165) is 5.56 Å². The quantitative estimate of drug-likeness (QED) is 0.466. The molecule has 0 atom stereocenters. The number of Topliss-reactive ketones (excluding diaryl/α,β-unsaturated/α-hetero) is 1. The van der Waals surface area contributed by atoms with Gasteiger partial charge in [-0.15, -0.1) is 0 Å². The second-order valence-corrected chi connectivity index (χ2v) is 3.96. The number of carbonyl (C=O) groups excluding carboxylic acids is 3. The molecule has 5 nitrogen and oxygen atoms in total. The average molecular weight is 260 g/mol. The highest BCUT2D eigenvalue weighted by Gasteiger charge is 2.40. The molecule has 5 heteroatoms. The van der Waals surface area contributed by atoms with Gasteiger partial charge in [0, 0.05) is 5.56 Å². The number of aryl methyl sites for hydroxylation is 1. The van der Waals surface area contributed by atoms with E-state index >= 15 is 0 Å². The highest BCUT2D eigenvalue weighted by Crippen LogP contribution is 2.29. The van der Waals surface area contributed by atoms with Crippen molar-refractivity contribution in [2.24, 2.45) is 0 Å². The Balaban J connectivity index is 2.56. The number of carbonyl (C=O) groups is 3. The number of ketones is 1. The molecule has 98 valence electrons. The van der Waals surface area contributed by atoms with E-state index in [1.54, 1.807) is 32.0 Å². The second-order valence-electron chi connectivity index (χ2n) is 3.96. The summed E-state index contributed by atoms with van der Waals surface area (Å²) in [5.74, 6) is -2.87. The SMILES string of the molecule is CCOC(=O)C1=C(c2ccccc2C)OC(=O)C1=O. The fourth-order valence-electron chi connectivity index (χ4n) is 1.80. The summed E-state index contributed by atoms with van der Waals surface area (Å²) in [7, 11) is 0. The van der Waals surface area contributed by atoms with Crippen LogP contribution in [-0.4, -0.2) is 24.3 Å². The molecule has 1 aliphatic heterocycles. The van der Waals surface area contributed by atoms with Gasteiger partial charge in [0.05, 0.1) is 6.61 Å². The van der Waals surface area contributed by atoms with Gasteiger partial charge in [0.15, 0.2) is 11.3 Å². The lowest BCUT2D eigenvalue weighted by Gasteiger charge is -2.07. The van der Waals surface area contributed by atoms with E-state index < -0.39 is 17.7 Å². The molecule has 0 fully saturated rings. The standard InChI is InChI=1S/C14H12O5/c1-3-18-13(16)10-11(15)14(17)19-12(10)9-7-5-4-6-8(9)2/h4-7H,3H2,1-2H3. The number of rotatable bonds is 3. The van der Waals surface area contributed by atoms with E-state index in [1.807, 2.05) is 6.07 Å². The third kappa shape index (κ3) is 2.27. The highest BCUT2D eigenvalue weighted by molar-refractivity contribution is 6.51. The molecule has 0 bridgehead atoms. The van der Waals surface area contributed by atoms with E-state index in [4.69, 9.17) is 9.47 Å². The Morgan fingerprint density at radius 2 is 1.95 bits per heavy atom. The van der Waals surface area contributed by atoms with Crippen molar-refractivity contribution in [3.63, 3.8) is 0 Å². The number of hydrogen-bond donors (Lipinski definition) is 0. The molecule has 19 heavy (non-hydrogen) atoms. The van der Waals surface area contributed by atoms with Gasteiger partial charge in [-0.2, -0.15) is 0 Å². The monoisotopic (exact) mass is 260 g/mol. The number of benzene rings is 1. The predicted molar refractivity (Wildman–Crippen MR) is 65.8 cm³/mol. The van der Waals surface area contributed by atoms with Crippen molar-refractivity contribution in [1.82, 2.24) is 0 Å². The first kappa shape index (κ1) is 13.0.